The molecule has 2 heterocycles. The molecule has 0 fully saturated rings. The number of aryl methyl sites for hydroxylation is 2. The summed E-state index contributed by atoms with van der Waals surface area (Å²) in [6.45, 7) is 11.3. The molecule has 0 spiro atoms. The second-order valence-corrected chi connectivity index (χ2v) is 14.8. The van der Waals surface area contributed by atoms with Gasteiger partial charge in [0.25, 0.3) is 0 Å². The number of rotatable bonds is 2. The summed E-state index contributed by atoms with van der Waals surface area (Å²) in [5.74, 6) is 3.61. The number of benzene rings is 2. The van der Waals surface area contributed by atoms with Crippen molar-refractivity contribution >= 4 is 0 Å². The van der Waals surface area contributed by atoms with Crippen molar-refractivity contribution in [2.75, 3.05) is 28.2 Å². The fourth-order valence-corrected chi connectivity index (χ4v) is 9.75. The molecule has 226 valence electrons. The largest absolute Gasteiger partial charge is 1.00 e. The number of likely N-dealkylation sites (N-methyl/N-ethyl adjacent to an activating group) is 2. The number of hydrogen-bond donors (Lipinski definition) is 1. The summed E-state index contributed by atoms with van der Waals surface area (Å²) >= 11 is 0. The Morgan fingerprint density at radius 1 is 0.721 bits per heavy atom. The van der Waals surface area contributed by atoms with Gasteiger partial charge in [-0.25, -0.2) is 0 Å². The summed E-state index contributed by atoms with van der Waals surface area (Å²) < 4.78 is 12.8. The van der Waals surface area contributed by atoms with Gasteiger partial charge in [0.05, 0.1) is 0 Å². The Morgan fingerprint density at radius 2 is 1.16 bits per heavy atom. The molecule has 2 unspecified atom stereocenters. The molecule has 0 saturated heterocycles. The molecule has 0 bridgehead atoms. The minimum absolute atomic E-state index is 0. The third-order valence-electron chi connectivity index (χ3n) is 12.0. The van der Waals surface area contributed by atoms with Crippen LogP contribution in [0.3, 0.4) is 0 Å². The van der Waals surface area contributed by atoms with Crippen LogP contribution in [0.15, 0.2) is 48.6 Å². The number of nitrogens with zero attached hydrogens (tertiary/aromatic N) is 2. The van der Waals surface area contributed by atoms with Crippen LogP contribution in [-0.2, 0) is 23.7 Å². The monoisotopic (exact) mass is 592 g/mol. The first-order valence-electron chi connectivity index (χ1n) is 15.9. The van der Waals surface area contributed by atoms with E-state index in [1.165, 1.54) is 39.1 Å². The molecule has 2 aromatic carbocycles. The van der Waals surface area contributed by atoms with E-state index in [1.807, 2.05) is 6.08 Å². The third-order valence-corrected chi connectivity index (χ3v) is 12.0. The number of hydrogen-bond acceptors (Lipinski definition) is 5. The Morgan fingerprint density at radius 3 is 1.65 bits per heavy atom. The molecular weight excluding hydrogens is 543 g/mol. The molecule has 10 atom stereocenters. The minimum Gasteiger partial charge on any atom is -1.00 e. The van der Waals surface area contributed by atoms with E-state index < -0.39 is 6.10 Å². The second-order valence-electron chi connectivity index (χ2n) is 14.8. The van der Waals surface area contributed by atoms with Crippen molar-refractivity contribution in [2.45, 2.75) is 88.7 Å². The predicted molar refractivity (Wildman–Crippen MR) is 170 cm³/mol. The summed E-state index contributed by atoms with van der Waals surface area (Å²) in [7, 11) is 8.73. The molecule has 4 aliphatic carbocycles. The SMILES string of the molecule is Cc1ccc2c3c1O[C@H]1[C@@H](C)C=CC([C@H](N(C)C)C2)[C@@]31C.Cc1ccc2c3c1O[C@H]1[C@@H](O)C=CC([C@H](N(C)C)C2)[C@@]31C.[H-].[Na+]. The molecule has 0 amide bonds. The molecule has 8 rings (SSSR count). The van der Waals surface area contributed by atoms with E-state index in [-0.39, 0.29) is 54.0 Å². The maximum absolute atomic E-state index is 10.4. The van der Waals surface area contributed by atoms with Gasteiger partial charge >= 0.3 is 29.6 Å². The van der Waals surface area contributed by atoms with Gasteiger partial charge in [-0.2, -0.15) is 0 Å². The summed E-state index contributed by atoms with van der Waals surface area (Å²) in [5.41, 5.74) is 8.20. The smallest absolute Gasteiger partial charge is 1.00 e. The van der Waals surface area contributed by atoms with E-state index >= 15 is 0 Å². The van der Waals surface area contributed by atoms with Crippen LogP contribution in [0, 0.1) is 31.6 Å². The molecule has 2 aromatic rings. The molecule has 5 nitrogen and oxygen atoms in total. The summed E-state index contributed by atoms with van der Waals surface area (Å²) in [5, 5.41) is 10.4. The molecule has 0 aromatic heterocycles. The Labute approximate surface area is 282 Å². The van der Waals surface area contributed by atoms with E-state index in [9.17, 15) is 5.11 Å². The first kappa shape index (κ1) is 31.4. The molecule has 6 heteroatoms. The average molecular weight is 593 g/mol. The Balaban J connectivity index is 0.000000167. The van der Waals surface area contributed by atoms with E-state index in [0.29, 0.717) is 29.8 Å². The molecule has 1 N–H and O–H groups in total. The van der Waals surface area contributed by atoms with Crippen molar-refractivity contribution in [3.63, 3.8) is 0 Å². The van der Waals surface area contributed by atoms with Gasteiger partial charge in [0.1, 0.15) is 29.8 Å². The van der Waals surface area contributed by atoms with Crippen LogP contribution in [0.25, 0.3) is 0 Å². The van der Waals surface area contributed by atoms with Gasteiger partial charge in [-0.05, 0) is 77.1 Å². The minimum atomic E-state index is -0.521. The van der Waals surface area contributed by atoms with Gasteiger partial charge in [-0.15, -0.1) is 0 Å². The molecule has 0 saturated carbocycles. The molecule has 6 aliphatic rings. The topological polar surface area (TPSA) is 45.2 Å². The van der Waals surface area contributed by atoms with Gasteiger partial charge in [-0.1, -0.05) is 69.3 Å². The van der Waals surface area contributed by atoms with Crippen LogP contribution in [0.2, 0.25) is 0 Å². The normalized spacial score (nSPS) is 38.4. The molecule has 2 aliphatic heterocycles. The maximum atomic E-state index is 10.4. The summed E-state index contributed by atoms with van der Waals surface area (Å²) in [4.78, 5) is 4.71. The van der Waals surface area contributed by atoms with Gasteiger partial charge in [-0.3, -0.25) is 0 Å². The van der Waals surface area contributed by atoms with Crippen molar-refractivity contribution < 1.29 is 45.6 Å². The second kappa shape index (κ2) is 10.7. The Bertz CT molecular complexity index is 1390. The van der Waals surface area contributed by atoms with E-state index in [2.05, 4.69) is 115 Å². The van der Waals surface area contributed by atoms with Crippen LogP contribution in [-0.4, -0.2) is 73.5 Å². The standard InChI is InChI=1S/C19H25NO.C18H23NO2.Na.H/c1-11-6-8-13-10-15(20(4)5)14-9-7-12(2)18-19(14,3)16(13)17(11)21-18;1-10-5-6-11-9-13(19(3)4)12-7-8-14(20)17-18(12,2)15(11)16(10)21-17;;/h6-9,12,14-15,18H,10H2,1-5H3;5-8,12-14,17,20H,9H2,1-4H3;;/q;;+1;-1/t12-,14?,15+,18-,19-;12?,13-,14+,17+,18+;;/m01../s1. The maximum Gasteiger partial charge on any atom is 1.00 e. The Kier molecular flexibility index (Phi) is 7.84. The zero-order valence-corrected chi connectivity index (χ0v) is 29.8. The van der Waals surface area contributed by atoms with Gasteiger partial charge < -0.3 is 25.8 Å². The first-order valence-corrected chi connectivity index (χ1v) is 15.9. The van der Waals surface area contributed by atoms with Crippen molar-refractivity contribution in [2.24, 2.45) is 17.8 Å². The van der Waals surface area contributed by atoms with Gasteiger partial charge in [0.15, 0.2) is 0 Å². The Hall–Kier alpha value is -1.60. The summed E-state index contributed by atoms with van der Waals surface area (Å²) in [6, 6.07) is 9.99. The number of aliphatic hydroxyl groups is 1. The van der Waals surface area contributed by atoms with E-state index in [4.69, 9.17) is 9.47 Å². The fourth-order valence-electron chi connectivity index (χ4n) is 9.75. The quantitative estimate of drug-likeness (QED) is 0.429. The van der Waals surface area contributed by atoms with Crippen molar-refractivity contribution in [1.82, 2.24) is 9.80 Å². The molecular formula is C37H49N2NaO3. The first-order chi connectivity index (χ1) is 19.9. The van der Waals surface area contributed by atoms with Gasteiger partial charge in [0.2, 0.25) is 0 Å². The fraction of sp³-hybridized carbons (Fsp3) is 0.568. The predicted octanol–water partition coefficient (Wildman–Crippen LogP) is 2.49. The van der Waals surface area contributed by atoms with Crippen LogP contribution in [0.1, 0.15) is 55.6 Å². The van der Waals surface area contributed by atoms with E-state index in [1.54, 1.807) is 0 Å². The zero-order valence-electron chi connectivity index (χ0n) is 28.8. The summed E-state index contributed by atoms with van der Waals surface area (Å²) in [6.07, 6.45) is 10.8. The van der Waals surface area contributed by atoms with Crippen molar-refractivity contribution in [1.29, 1.82) is 0 Å². The average Bonchev–Trinajstić information content (AvgIpc) is 3.45. The number of ether oxygens (including phenoxy) is 2. The molecule has 43 heavy (non-hydrogen) atoms. The zero-order chi connectivity index (χ0) is 29.9. The van der Waals surface area contributed by atoms with Crippen LogP contribution in [0.5, 0.6) is 11.5 Å². The van der Waals surface area contributed by atoms with Crippen LogP contribution in [0.4, 0.5) is 0 Å². The van der Waals surface area contributed by atoms with E-state index in [0.717, 1.165) is 18.6 Å². The number of aliphatic hydroxyl groups excluding tert-OH is 1. The molecule has 0 radical (unpaired) electrons. The van der Waals surface area contributed by atoms with Gasteiger partial charge in [0, 0.05) is 51.8 Å². The van der Waals surface area contributed by atoms with Crippen LogP contribution < -0.4 is 39.0 Å². The third kappa shape index (κ3) is 4.25. The van der Waals surface area contributed by atoms with Crippen molar-refractivity contribution in [3.8, 4) is 11.5 Å². The van der Waals surface area contributed by atoms with Crippen LogP contribution >= 0.6 is 0 Å². The van der Waals surface area contributed by atoms with Crippen molar-refractivity contribution in [3.05, 3.63) is 82.0 Å².